The molecule has 0 spiro atoms. The first-order valence-electron chi connectivity index (χ1n) is 18.2. The van der Waals surface area contributed by atoms with Crippen molar-refractivity contribution in [1.29, 1.82) is 0 Å². The van der Waals surface area contributed by atoms with Crippen LogP contribution in [0.4, 0.5) is 15.8 Å². The van der Waals surface area contributed by atoms with Crippen molar-refractivity contribution in [2.24, 2.45) is 0 Å². The summed E-state index contributed by atoms with van der Waals surface area (Å²) in [4.78, 5) is 101. The minimum absolute atomic E-state index is 0.0140. The quantitative estimate of drug-likeness (QED) is 0.0448. The van der Waals surface area contributed by atoms with E-state index in [1.54, 1.807) is 0 Å². The van der Waals surface area contributed by atoms with Gasteiger partial charge in [-0.3, -0.25) is 33.6 Å². The van der Waals surface area contributed by atoms with Crippen LogP contribution in [-0.4, -0.2) is 113 Å². The molecule has 0 aliphatic rings. The molecule has 2 aromatic heterocycles. The highest BCUT2D eigenvalue weighted by Crippen LogP contribution is 2.38. The topological polar surface area (TPSA) is 275 Å². The number of nitrogens with zero attached hydrogens (tertiary/aromatic N) is 3. The van der Waals surface area contributed by atoms with Gasteiger partial charge in [-0.05, 0) is 24.3 Å². The zero-order valence-electron chi connectivity index (χ0n) is 34.3. The Morgan fingerprint density at radius 1 is 0.619 bits per heavy atom. The number of carbonyl (C=O) groups is 8. The van der Waals surface area contributed by atoms with E-state index >= 15 is 4.39 Å². The molecule has 0 saturated heterocycles. The normalized spacial score (nSPS) is 10.5. The average molecular weight is 890 g/mol. The fourth-order valence-electron chi connectivity index (χ4n) is 4.93. The van der Waals surface area contributed by atoms with Crippen LogP contribution in [0.1, 0.15) is 45.2 Å². The highest BCUT2D eigenvalue weighted by Gasteiger charge is 2.25. The number of furan rings is 1. The van der Waals surface area contributed by atoms with Crippen LogP contribution in [0, 0.1) is 5.82 Å². The third kappa shape index (κ3) is 15.2. The van der Waals surface area contributed by atoms with Crippen LogP contribution in [0.15, 0.2) is 51.4 Å². The molecule has 4 aromatic rings. The number of oxazole rings is 1. The van der Waals surface area contributed by atoms with Gasteiger partial charge in [-0.1, -0.05) is 6.07 Å². The second-order valence-corrected chi connectivity index (χ2v) is 12.4. The number of hydrogen-bond acceptors (Lipinski definition) is 23. The first-order chi connectivity index (χ1) is 30.0. The van der Waals surface area contributed by atoms with Crippen molar-refractivity contribution < 1.29 is 98.9 Å². The Kier molecular flexibility index (Phi) is 17.6. The molecule has 0 atom stereocenters. The second-order valence-electron chi connectivity index (χ2n) is 12.4. The SMILES string of the molecule is CC(=O)OCOC(=O)CN(CC(=O)OCOC(C)=O)c1cc2oc(-c3ncc(C(=O)OCOC(C)=O)o3)cc2cc1OCCOc1c(F)cccc1N(COC(C)=O)COC(C)=O. The molecule has 23 nitrogen and oxygen atoms in total. The van der Waals surface area contributed by atoms with Crippen LogP contribution in [0.2, 0.25) is 0 Å². The minimum atomic E-state index is -1.01. The Morgan fingerprint density at radius 2 is 1.17 bits per heavy atom. The summed E-state index contributed by atoms with van der Waals surface area (Å²) in [6.45, 7) is 0.424. The van der Waals surface area contributed by atoms with Gasteiger partial charge in [-0.25, -0.2) is 14.2 Å². The van der Waals surface area contributed by atoms with Crippen molar-refractivity contribution in [3.8, 4) is 23.1 Å². The molecular weight excluding hydrogens is 849 g/mol. The number of anilines is 2. The number of esters is 8. The molecule has 0 fully saturated rings. The van der Waals surface area contributed by atoms with Crippen LogP contribution >= 0.6 is 0 Å². The first-order valence-corrected chi connectivity index (χ1v) is 18.2. The molecule has 4 rings (SSSR count). The van der Waals surface area contributed by atoms with Crippen molar-refractivity contribution in [3.05, 3.63) is 54.2 Å². The van der Waals surface area contributed by atoms with Crippen LogP contribution in [0.25, 0.3) is 22.6 Å². The van der Waals surface area contributed by atoms with Crippen molar-refractivity contribution in [2.75, 3.05) is 69.9 Å². The first kappa shape index (κ1) is 47.8. The summed E-state index contributed by atoms with van der Waals surface area (Å²) in [5.41, 5.74) is 0.118. The lowest BCUT2D eigenvalue weighted by atomic mass is 10.2. The Balaban J connectivity index is 1.68. The van der Waals surface area contributed by atoms with E-state index in [1.165, 1.54) is 35.2 Å². The van der Waals surface area contributed by atoms with Crippen LogP contribution in [0.3, 0.4) is 0 Å². The Hall–Kier alpha value is -7.92. The van der Waals surface area contributed by atoms with E-state index in [1.807, 2.05) is 0 Å². The van der Waals surface area contributed by atoms with E-state index in [0.717, 1.165) is 51.8 Å². The molecule has 0 N–H and O–H groups in total. The maximum atomic E-state index is 15.3. The van der Waals surface area contributed by atoms with Crippen LogP contribution in [-0.2, 0) is 71.5 Å². The summed E-state index contributed by atoms with van der Waals surface area (Å²) in [7, 11) is 0. The molecule has 0 saturated carbocycles. The van der Waals surface area contributed by atoms with Crippen molar-refractivity contribution in [1.82, 2.24) is 4.98 Å². The molecule has 0 bridgehead atoms. The van der Waals surface area contributed by atoms with Gasteiger partial charge in [0.2, 0.25) is 26.1 Å². The lowest BCUT2D eigenvalue weighted by molar-refractivity contribution is -0.165. The summed E-state index contributed by atoms with van der Waals surface area (Å²) in [6, 6.07) is 8.09. The number of carbonyl (C=O) groups excluding carboxylic acids is 8. The maximum Gasteiger partial charge on any atom is 0.378 e. The standard InChI is InChI=1S/C39H40FN3O20/c1-22(44)54-17-43(18-55-23(2)45)29-8-6-7-28(40)37(29)53-10-9-52-32-11-27-12-33(38-41-14-34(63-38)39(51)61-21-58-26(5)48)62-31(27)13-30(32)42(15-35(49)59-19-56-24(3)46)16-36(50)60-20-57-25(4)47/h6-8,11-14H,9-10,15-21H2,1-5H3. The van der Waals surface area contributed by atoms with E-state index in [9.17, 15) is 38.4 Å². The Labute approximate surface area is 355 Å². The van der Waals surface area contributed by atoms with E-state index in [2.05, 4.69) is 19.2 Å². The molecule has 0 aliphatic carbocycles. The predicted molar refractivity (Wildman–Crippen MR) is 205 cm³/mol. The summed E-state index contributed by atoms with van der Waals surface area (Å²) >= 11 is 0. The van der Waals surface area contributed by atoms with E-state index in [-0.39, 0.29) is 59.1 Å². The van der Waals surface area contributed by atoms with Crippen LogP contribution in [0.5, 0.6) is 11.5 Å². The predicted octanol–water partition coefficient (Wildman–Crippen LogP) is 3.14. The van der Waals surface area contributed by atoms with Crippen molar-refractivity contribution in [3.63, 3.8) is 0 Å². The molecule has 0 unspecified atom stereocenters. The fourth-order valence-corrected chi connectivity index (χ4v) is 4.93. The van der Waals surface area contributed by atoms with Crippen LogP contribution < -0.4 is 19.3 Å². The zero-order valence-corrected chi connectivity index (χ0v) is 34.3. The lowest BCUT2D eigenvalue weighted by Crippen LogP contribution is -2.37. The van der Waals surface area contributed by atoms with Crippen molar-refractivity contribution >= 4 is 70.1 Å². The molecule has 0 amide bonds. The second kappa shape index (κ2) is 23.2. The number of benzene rings is 2. The molecule has 63 heavy (non-hydrogen) atoms. The fraction of sp³-hybridized carbons (Fsp3) is 0.359. The number of fused-ring (bicyclic) bond motifs is 1. The molecular formula is C39H40FN3O20. The average Bonchev–Trinajstić information content (AvgIpc) is 3.87. The molecule has 2 aromatic carbocycles. The summed E-state index contributed by atoms with van der Waals surface area (Å²) in [6.07, 6.45) is 1.04. The Bertz CT molecular complexity index is 2250. The molecule has 24 heteroatoms. The van der Waals surface area contributed by atoms with Gasteiger partial charge in [-0.15, -0.1) is 0 Å². The number of ether oxygens (including phenoxy) is 10. The van der Waals surface area contributed by atoms with E-state index < -0.39 is 101 Å². The molecule has 338 valence electrons. The minimum Gasteiger partial charge on any atom is -0.488 e. The van der Waals surface area contributed by atoms with E-state index in [4.69, 9.17) is 42.0 Å². The molecule has 0 aliphatic heterocycles. The number of para-hydroxylation sites is 1. The highest BCUT2D eigenvalue weighted by atomic mass is 19.1. The van der Waals surface area contributed by atoms with Gasteiger partial charge in [0.25, 0.3) is 5.89 Å². The number of halogens is 1. The monoisotopic (exact) mass is 889 g/mol. The van der Waals surface area contributed by atoms with E-state index in [0.29, 0.717) is 5.39 Å². The molecule has 2 heterocycles. The van der Waals surface area contributed by atoms with Gasteiger partial charge in [0.15, 0.2) is 30.8 Å². The van der Waals surface area contributed by atoms with Crippen molar-refractivity contribution in [2.45, 2.75) is 34.6 Å². The number of rotatable bonds is 23. The highest BCUT2D eigenvalue weighted by molar-refractivity contribution is 5.91. The van der Waals surface area contributed by atoms with Gasteiger partial charge in [0.05, 0.1) is 17.6 Å². The lowest BCUT2D eigenvalue weighted by Gasteiger charge is -2.26. The third-order valence-electron chi connectivity index (χ3n) is 7.63. The van der Waals surface area contributed by atoms with Gasteiger partial charge in [-0.2, -0.15) is 0 Å². The van der Waals surface area contributed by atoms with Gasteiger partial charge in [0.1, 0.15) is 37.6 Å². The smallest absolute Gasteiger partial charge is 0.378 e. The molecule has 0 radical (unpaired) electrons. The third-order valence-corrected chi connectivity index (χ3v) is 7.63. The van der Waals surface area contributed by atoms with Gasteiger partial charge >= 0.3 is 47.8 Å². The largest absolute Gasteiger partial charge is 0.488 e. The Morgan fingerprint density at radius 3 is 1.75 bits per heavy atom. The number of hydrogen-bond donors (Lipinski definition) is 0. The number of aromatic nitrogens is 1. The summed E-state index contributed by atoms with van der Waals surface area (Å²) in [5.74, 6) is -8.30. The maximum absolute atomic E-state index is 15.3. The zero-order chi connectivity index (χ0) is 46.1. The van der Waals surface area contributed by atoms with Gasteiger partial charge < -0.3 is 66.0 Å². The summed E-state index contributed by atoms with van der Waals surface area (Å²) in [5, 5.41) is 0.319. The van der Waals surface area contributed by atoms with Gasteiger partial charge in [0, 0.05) is 46.1 Å². The summed E-state index contributed by atoms with van der Waals surface area (Å²) < 4.78 is 77.4.